The molecule has 1 aromatic rings. The molecule has 0 unspecified atom stereocenters. The number of hydroxylamine groups is 1. The third-order valence-electron chi connectivity index (χ3n) is 3.92. The molecule has 0 bridgehead atoms. The average Bonchev–Trinajstić information content (AvgIpc) is 2.47. The molecular weight excluding hydrogens is 234 g/mol. The van der Waals surface area contributed by atoms with Crippen LogP contribution < -0.4 is 10.3 Å². The maximum absolute atomic E-state index is 5.74. The molecule has 0 radical (unpaired) electrons. The van der Waals surface area contributed by atoms with E-state index >= 15 is 0 Å². The van der Waals surface area contributed by atoms with Crippen molar-refractivity contribution >= 4 is 0 Å². The van der Waals surface area contributed by atoms with E-state index in [1.54, 1.807) is 0 Å². The van der Waals surface area contributed by atoms with Crippen molar-refractivity contribution in [1.82, 2.24) is 5.48 Å². The number of hydrogen-bond donors (Lipinski definition) is 1. The lowest BCUT2D eigenvalue weighted by atomic mass is 9.96. The maximum atomic E-state index is 5.74. The fourth-order valence-corrected chi connectivity index (χ4v) is 2.72. The Morgan fingerprint density at radius 1 is 1.16 bits per heavy atom. The highest BCUT2D eigenvalue weighted by atomic mass is 16.6. The molecule has 2 nitrogen and oxygen atoms in total. The van der Waals surface area contributed by atoms with E-state index in [1.807, 2.05) is 6.07 Å². The van der Waals surface area contributed by atoms with Gasteiger partial charge in [0.25, 0.3) is 0 Å². The Bertz CT molecular complexity index is 358. The molecule has 0 saturated heterocycles. The zero-order valence-corrected chi connectivity index (χ0v) is 12.2. The van der Waals surface area contributed by atoms with Gasteiger partial charge in [-0.15, -0.1) is 0 Å². The lowest BCUT2D eigenvalue weighted by Gasteiger charge is -2.22. The van der Waals surface area contributed by atoms with Gasteiger partial charge in [0.05, 0.1) is 0 Å². The van der Waals surface area contributed by atoms with Gasteiger partial charge < -0.3 is 4.84 Å². The van der Waals surface area contributed by atoms with Gasteiger partial charge in [-0.05, 0) is 43.4 Å². The van der Waals surface area contributed by atoms with E-state index in [0.29, 0.717) is 6.04 Å². The second-order valence-electron chi connectivity index (χ2n) is 5.66. The van der Waals surface area contributed by atoms with Gasteiger partial charge in [-0.2, -0.15) is 5.48 Å². The second-order valence-corrected chi connectivity index (χ2v) is 5.66. The number of rotatable bonds is 7. The first-order valence-corrected chi connectivity index (χ1v) is 7.90. The standard InChI is InChI=1S/C17H27NO/c1-2-3-5-9-15-10-8-13-17(14-15)19-18-16-11-6-4-7-12-16/h8,10,13-14,16,18H,2-7,9,11-12H2,1H3. The van der Waals surface area contributed by atoms with Crippen molar-refractivity contribution in [2.24, 2.45) is 0 Å². The number of hydrogen-bond acceptors (Lipinski definition) is 2. The normalized spacial score (nSPS) is 16.5. The van der Waals surface area contributed by atoms with Crippen LogP contribution in [-0.4, -0.2) is 6.04 Å². The third kappa shape index (κ3) is 5.23. The van der Waals surface area contributed by atoms with Gasteiger partial charge in [0, 0.05) is 6.04 Å². The molecule has 0 aromatic heterocycles. The van der Waals surface area contributed by atoms with Crippen LogP contribution in [0.2, 0.25) is 0 Å². The average molecular weight is 261 g/mol. The molecule has 1 aliphatic carbocycles. The van der Waals surface area contributed by atoms with Crippen LogP contribution in [0.3, 0.4) is 0 Å². The van der Waals surface area contributed by atoms with Crippen molar-refractivity contribution in [3.8, 4) is 5.75 Å². The van der Waals surface area contributed by atoms with Crippen molar-refractivity contribution in [1.29, 1.82) is 0 Å². The molecular formula is C17H27NO. The Hall–Kier alpha value is -1.02. The summed E-state index contributed by atoms with van der Waals surface area (Å²) in [5.41, 5.74) is 4.62. The van der Waals surface area contributed by atoms with E-state index in [4.69, 9.17) is 4.84 Å². The van der Waals surface area contributed by atoms with E-state index in [-0.39, 0.29) is 0 Å². The quantitative estimate of drug-likeness (QED) is 0.570. The lowest BCUT2D eigenvalue weighted by molar-refractivity contribution is 0.133. The van der Waals surface area contributed by atoms with Crippen molar-refractivity contribution < 1.29 is 4.84 Å². The van der Waals surface area contributed by atoms with Crippen LogP contribution in [0, 0.1) is 0 Å². The SMILES string of the molecule is CCCCCc1cccc(ONC2CCCCC2)c1. The van der Waals surface area contributed by atoms with E-state index in [2.05, 4.69) is 30.6 Å². The maximum Gasteiger partial charge on any atom is 0.147 e. The zero-order chi connectivity index (χ0) is 13.3. The van der Waals surface area contributed by atoms with Crippen molar-refractivity contribution in [3.05, 3.63) is 29.8 Å². The Labute approximate surface area is 117 Å². The summed E-state index contributed by atoms with van der Waals surface area (Å²) >= 11 is 0. The Balaban J connectivity index is 1.77. The highest BCUT2D eigenvalue weighted by Crippen LogP contribution is 2.19. The van der Waals surface area contributed by atoms with E-state index in [9.17, 15) is 0 Å². The van der Waals surface area contributed by atoms with Crippen molar-refractivity contribution in [3.63, 3.8) is 0 Å². The van der Waals surface area contributed by atoms with Crippen LogP contribution in [0.15, 0.2) is 24.3 Å². The van der Waals surface area contributed by atoms with Crippen LogP contribution in [0.5, 0.6) is 5.75 Å². The second kappa shape index (κ2) is 8.21. The molecule has 1 fully saturated rings. The molecule has 0 heterocycles. The minimum Gasteiger partial charge on any atom is -0.408 e. The lowest BCUT2D eigenvalue weighted by Crippen LogP contribution is -2.33. The van der Waals surface area contributed by atoms with Gasteiger partial charge in [-0.3, -0.25) is 0 Å². The zero-order valence-electron chi connectivity index (χ0n) is 12.2. The van der Waals surface area contributed by atoms with E-state index in [0.717, 1.165) is 12.2 Å². The minimum absolute atomic E-state index is 0.539. The first-order chi connectivity index (χ1) is 9.38. The van der Waals surface area contributed by atoms with Gasteiger partial charge in [0.1, 0.15) is 5.75 Å². The summed E-state index contributed by atoms with van der Waals surface area (Å²) in [5.74, 6) is 0.958. The van der Waals surface area contributed by atoms with Crippen LogP contribution in [0.25, 0.3) is 0 Å². The van der Waals surface area contributed by atoms with Gasteiger partial charge in [0.15, 0.2) is 0 Å². The molecule has 19 heavy (non-hydrogen) atoms. The summed E-state index contributed by atoms with van der Waals surface area (Å²) < 4.78 is 0. The van der Waals surface area contributed by atoms with Crippen molar-refractivity contribution in [2.75, 3.05) is 0 Å². The molecule has 1 N–H and O–H groups in total. The van der Waals surface area contributed by atoms with Gasteiger partial charge in [0.2, 0.25) is 0 Å². The monoisotopic (exact) mass is 261 g/mol. The van der Waals surface area contributed by atoms with E-state index < -0.39 is 0 Å². The molecule has 2 rings (SSSR count). The number of aryl methyl sites for hydroxylation is 1. The molecule has 2 heteroatoms. The van der Waals surface area contributed by atoms with E-state index in [1.165, 1.54) is 56.9 Å². The molecule has 1 aliphatic rings. The predicted molar refractivity (Wildman–Crippen MR) is 80.3 cm³/mol. The summed E-state index contributed by atoms with van der Waals surface area (Å²) in [6, 6.07) is 9.05. The summed E-state index contributed by atoms with van der Waals surface area (Å²) in [6.45, 7) is 2.24. The summed E-state index contributed by atoms with van der Waals surface area (Å²) in [7, 11) is 0. The number of nitrogens with one attached hydrogen (secondary N) is 1. The fourth-order valence-electron chi connectivity index (χ4n) is 2.72. The van der Waals surface area contributed by atoms with Gasteiger partial charge >= 0.3 is 0 Å². The van der Waals surface area contributed by atoms with Gasteiger partial charge in [-0.1, -0.05) is 51.2 Å². The van der Waals surface area contributed by atoms with Crippen LogP contribution in [0.1, 0.15) is 63.9 Å². The van der Waals surface area contributed by atoms with Crippen LogP contribution in [0.4, 0.5) is 0 Å². The van der Waals surface area contributed by atoms with Crippen molar-refractivity contribution in [2.45, 2.75) is 70.8 Å². The topological polar surface area (TPSA) is 21.3 Å². The van der Waals surface area contributed by atoms with Gasteiger partial charge in [-0.25, -0.2) is 0 Å². The molecule has 106 valence electrons. The van der Waals surface area contributed by atoms with Crippen LogP contribution in [-0.2, 0) is 6.42 Å². The minimum atomic E-state index is 0.539. The number of benzene rings is 1. The number of unbranched alkanes of at least 4 members (excludes halogenated alkanes) is 2. The molecule has 1 aromatic carbocycles. The summed E-state index contributed by atoms with van der Waals surface area (Å²) in [6.07, 6.45) is 11.6. The highest BCUT2D eigenvalue weighted by Gasteiger charge is 2.13. The Morgan fingerprint density at radius 2 is 2.00 bits per heavy atom. The Kier molecular flexibility index (Phi) is 6.22. The first-order valence-electron chi connectivity index (χ1n) is 7.90. The molecule has 1 saturated carbocycles. The van der Waals surface area contributed by atoms with Crippen LogP contribution >= 0.6 is 0 Å². The molecule has 0 aliphatic heterocycles. The largest absolute Gasteiger partial charge is 0.408 e. The predicted octanol–water partition coefficient (Wildman–Crippen LogP) is 4.64. The summed E-state index contributed by atoms with van der Waals surface area (Å²) in [5, 5.41) is 0. The summed E-state index contributed by atoms with van der Waals surface area (Å²) in [4.78, 5) is 5.74. The Morgan fingerprint density at radius 3 is 2.79 bits per heavy atom. The highest BCUT2D eigenvalue weighted by molar-refractivity contribution is 5.28. The smallest absolute Gasteiger partial charge is 0.147 e. The first kappa shape index (κ1) is 14.4. The third-order valence-corrected chi connectivity index (χ3v) is 3.92. The molecule has 0 atom stereocenters. The molecule has 0 spiro atoms. The molecule has 0 amide bonds. The fraction of sp³-hybridized carbons (Fsp3) is 0.647.